The van der Waals surface area contributed by atoms with Crippen LogP contribution in [0, 0.1) is 6.92 Å². The average molecular weight is 353 g/mol. The maximum Gasteiger partial charge on any atom is 0.237 e. The molecule has 1 aromatic rings. The maximum atomic E-state index is 12.3. The Bertz CT molecular complexity index is 536. The number of rotatable bonds is 6. The maximum absolute atomic E-state index is 12.3. The van der Waals surface area contributed by atoms with Crippen molar-refractivity contribution in [1.82, 2.24) is 20.1 Å². The van der Waals surface area contributed by atoms with Crippen molar-refractivity contribution < 1.29 is 9.53 Å². The van der Waals surface area contributed by atoms with E-state index in [0.29, 0.717) is 6.54 Å². The molecule has 1 N–H and O–H groups in total. The summed E-state index contributed by atoms with van der Waals surface area (Å²) in [7, 11) is 0. The SMILES string of the molecule is Cc1nc(CN2CCN(C(C)C(=O)NCC3CCCO3)CC2)cs1. The lowest BCUT2D eigenvalue weighted by molar-refractivity contribution is -0.127. The van der Waals surface area contributed by atoms with Crippen molar-refractivity contribution in [2.24, 2.45) is 0 Å². The van der Waals surface area contributed by atoms with Gasteiger partial charge in [-0.25, -0.2) is 4.98 Å². The van der Waals surface area contributed by atoms with Gasteiger partial charge >= 0.3 is 0 Å². The highest BCUT2D eigenvalue weighted by atomic mass is 32.1. The van der Waals surface area contributed by atoms with Gasteiger partial charge in [-0.15, -0.1) is 11.3 Å². The van der Waals surface area contributed by atoms with E-state index in [1.54, 1.807) is 11.3 Å². The summed E-state index contributed by atoms with van der Waals surface area (Å²) in [5, 5.41) is 6.31. The Morgan fingerprint density at radius 1 is 1.46 bits per heavy atom. The van der Waals surface area contributed by atoms with Crippen LogP contribution in [0.5, 0.6) is 0 Å². The minimum atomic E-state index is -0.0740. The van der Waals surface area contributed by atoms with Gasteiger partial charge in [0.25, 0.3) is 0 Å². The molecule has 0 radical (unpaired) electrons. The Hall–Kier alpha value is -1.02. The van der Waals surface area contributed by atoms with E-state index in [-0.39, 0.29) is 18.1 Å². The number of aromatic nitrogens is 1. The van der Waals surface area contributed by atoms with Gasteiger partial charge in [-0.3, -0.25) is 14.6 Å². The van der Waals surface area contributed by atoms with Crippen molar-refractivity contribution in [2.75, 3.05) is 39.3 Å². The Morgan fingerprint density at radius 2 is 2.25 bits per heavy atom. The topological polar surface area (TPSA) is 57.7 Å². The van der Waals surface area contributed by atoms with Crippen LogP contribution in [-0.4, -0.2) is 72.2 Å². The lowest BCUT2D eigenvalue weighted by Gasteiger charge is -2.37. The molecule has 0 aromatic carbocycles. The van der Waals surface area contributed by atoms with Crippen molar-refractivity contribution in [3.63, 3.8) is 0 Å². The molecule has 2 unspecified atom stereocenters. The molecule has 2 aliphatic rings. The molecular formula is C17H28N4O2S. The summed E-state index contributed by atoms with van der Waals surface area (Å²) in [5.41, 5.74) is 1.16. The van der Waals surface area contributed by atoms with E-state index in [4.69, 9.17) is 4.74 Å². The third-order valence-electron chi connectivity index (χ3n) is 4.91. The number of hydrogen-bond donors (Lipinski definition) is 1. The predicted octanol–water partition coefficient (Wildman–Crippen LogP) is 1.25. The summed E-state index contributed by atoms with van der Waals surface area (Å²) in [6.07, 6.45) is 2.37. The lowest BCUT2D eigenvalue weighted by atomic mass is 10.2. The number of piperazine rings is 1. The fourth-order valence-corrected chi connectivity index (χ4v) is 3.96. The number of carbonyl (C=O) groups is 1. The molecule has 134 valence electrons. The average Bonchev–Trinajstić information content (AvgIpc) is 3.24. The van der Waals surface area contributed by atoms with Crippen molar-refractivity contribution in [3.8, 4) is 0 Å². The van der Waals surface area contributed by atoms with Crippen LogP contribution < -0.4 is 5.32 Å². The molecule has 3 heterocycles. The number of carbonyl (C=O) groups excluding carboxylic acids is 1. The third-order valence-corrected chi connectivity index (χ3v) is 5.74. The number of thiazole rings is 1. The van der Waals surface area contributed by atoms with Gasteiger partial charge in [-0.05, 0) is 26.7 Å². The van der Waals surface area contributed by atoms with Crippen LogP contribution in [0.1, 0.15) is 30.5 Å². The Labute approximate surface area is 148 Å². The zero-order valence-electron chi connectivity index (χ0n) is 14.7. The fraction of sp³-hybridized carbons (Fsp3) is 0.765. The number of hydrogen-bond acceptors (Lipinski definition) is 6. The minimum absolute atomic E-state index is 0.0740. The van der Waals surface area contributed by atoms with E-state index < -0.39 is 0 Å². The summed E-state index contributed by atoms with van der Waals surface area (Å²) in [5.74, 6) is 0.120. The van der Waals surface area contributed by atoms with Crippen molar-refractivity contribution in [1.29, 1.82) is 0 Å². The molecule has 2 atom stereocenters. The molecule has 24 heavy (non-hydrogen) atoms. The molecule has 0 saturated carbocycles. The third kappa shape index (κ3) is 4.75. The number of amides is 1. The molecule has 0 aliphatic carbocycles. The predicted molar refractivity (Wildman–Crippen MR) is 95.1 cm³/mol. The van der Waals surface area contributed by atoms with Crippen molar-refractivity contribution in [3.05, 3.63) is 16.1 Å². The van der Waals surface area contributed by atoms with E-state index in [9.17, 15) is 4.79 Å². The van der Waals surface area contributed by atoms with Crippen molar-refractivity contribution >= 4 is 17.2 Å². The monoisotopic (exact) mass is 352 g/mol. The number of nitrogens with zero attached hydrogens (tertiary/aromatic N) is 3. The second-order valence-corrected chi connectivity index (χ2v) is 7.79. The van der Waals surface area contributed by atoms with E-state index in [0.717, 1.165) is 62.9 Å². The zero-order chi connectivity index (χ0) is 16.9. The standard InChI is InChI=1S/C17H28N4O2S/c1-13(17(22)18-10-16-4-3-9-23-16)21-7-5-20(6-8-21)11-15-12-24-14(2)19-15/h12-13,16H,3-11H2,1-2H3,(H,18,22). The smallest absolute Gasteiger partial charge is 0.237 e. The molecule has 2 fully saturated rings. The summed E-state index contributed by atoms with van der Waals surface area (Å²) >= 11 is 1.71. The normalized spacial score (nSPS) is 24.2. The summed E-state index contributed by atoms with van der Waals surface area (Å²) < 4.78 is 5.56. The highest BCUT2D eigenvalue weighted by Gasteiger charge is 2.26. The molecule has 0 spiro atoms. The first-order valence-electron chi connectivity index (χ1n) is 8.88. The Kier molecular flexibility index (Phi) is 6.21. The largest absolute Gasteiger partial charge is 0.376 e. The number of ether oxygens (including phenoxy) is 1. The van der Waals surface area contributed by atoms with Gasteiger partial charge in [0, 0.05) is 51.3 Å². The van der Waals surface area contributed by atoms with Gasteiger partial charge in [-0.2, -0.15) is 0 Å². The molecule has 7 heteroatoms. The van der Waals surface area contributed by atoms with Crippen LogP contribution in [0.25, 0.3) is 0 Å². The van der Waals surface area contributed by atoms with Crippen LogP contribution in [0.15, 0.2) is 5.38 Å². The minimum Gasteiger partial charge on any atom is -0.376 e. The van der Waals surface area contributed by atoms with Gasteiger partial charge in [0.15, 0.2) is 0 Å². The second kappa shape index (κ2) is 8.38. The molecule has 1 aromatic heterocycles. The first-order valence-corrected chi connectivity index (χ1v) is 9.76. The fourth-order valence-electron chi connectivity index (χ4n) is 3.35. The molecule has 0 bridgehead atoms. The number of nitrogens with one attached hydrogen (secondary N) is 1. The van der Waals surface area contributed by atoms with E-state index in [1.807, 2.05) is 13.8 Å². The molecule has 1 amide bonds. The Morgan fingerprint density at radius 3 is 2.88 bits per heavy atom. The highest BCUT2D eigenvalue weighted by molar-refractivity contribution is 7.09. The van der Waals surface area contributed by atoms with Crippen LogP contribution in [0.4, 0.5) is 0 Å². The molecular weight excluding hydrogens is 324 g/mol. The van der Waals surface area contributed by atoms with Gasteiger partial charge in [-0.1, -0.05) is 0 Å². The van der Waals surface area contributed by atoms with Crippen LogP contribution in [0.2, 0.25) is 0 Å². The van der Waals surface area contributed by atoms with Gasteiger partial charge in [0.1, 0.15) is 0 Å². The molecule has 2 saturated heterocycles. The summed E-state index contributed by atoms with van der Waals surface area (Å²) in [6, 6.07) is -0.0740. The lowest BCUT2D eigenvalue weighted by Crippen LogP contribution is -2.54. The van der Waals surface area contributed by atoms with Gasteiger partial charge in [0.05, 0.1) is 22.8 Å². The zero-order valence-corrected chi connectivity index (χ0v) is 15.5. The van der Waals surface area contributed by atoms with E-state index >= 15 is 0 Å². The Balaban J connectivity index is 1.39. The first-order chi connectivity index (χ1) is 11.6. The second-order valence-electron chi connectivity index (χ2n) is 6.73. The molecule has 6 nitrogen and oxygen atoms in total. The summed E-state index contributed by atoms with van der Waals surface area (Å²) in [4.78, 5) is 21.6. The van der Waals surface area contributed by atoms with Gasteiger partial charge < -0.3 is 10.1 Å². The highest BCUT2D eigenvalue weighted by Crippen LogP contribution is 2.14. The molecule has 2 aliphatic heterocycles. The van der Waals surface area contributed by atoms with Crippen molar-refractivity contribution in [2.45, 2.75) is 45.4 Å². The van der Waals surface area contributed by atoms with E-state index in [1.165, 1.54) is 0 Å². The van der Waals surface area contributed by atoms with Crippen LogP contribution >= 0.6 is 11.3 Å². The van der Waals surface area contributed by atoms with Crippen LogP contribution in [0.3, 0.4) is 0 Å². The van der Waals surface area contributed by atoms with E-state index in [2.05, 4.69) is 25.5 Å². The quantitative estimate of drug-likeness (QED) is 0.835. The van der Waals surface area contributed by atoms with Gasteiger partial charge in [0.2, 0.25) is 5.91 Å². The molecule has 3 rings (SSSR count). The van der Waals surface area contributed by atoms with Crippen LogP contribution in [-0.2, 0) is 16.1 Å². The summed E-state index contributed by atoms with van der Waals surface area (Å²) in [6.45, 7) is 10.3. The first kappa shape index (κ1) is 17.8. The number of aryl methyl sites for hydroxylation is 1.